The molecule has 0 saturated heterocycles. The normalized spacial score (nSPS) is 25.0. The number of rotatable bonds is 0. The summed E-state index contributed by atoms with van der Waals surface area (Å²) in [6.07, 6.45) is 0. The average Bonchev–Trinajstić information content (AvgIpc) is 2.82. The Balaban J connectivity index is 2.17. The number of hydrogen-bond acceptors (Lipinski definition) is 4. The second-order valence-electron chi connectivity index (χ2n) is 2.99. The van der Waals surface area contributed by atoms with Crippen LogP contribution < -0.4 is 4.33 Å². The van der Waals surface area contributed by atoms with Gasteiger partial charge in [0.05, 0.1) is 0 Å². The summed E-state index contributed by atoms with van der Waals surface area (Å²) in [7, 11) is 5.88. The van der Waals surface area contributed by atoms with Crippen LogP contribution in [0.4, 0.5) is 0 Å². The fraction of sp³-hybridized carbons (Fsp3) is 0.286. The standard InChI is InChI=1S/C7H6N3S2Se2/c1-3-4-6(8-13-11-4)10(2)7-5(3)12-14-9-7/h1-2H3. The van der Waals surface area contributed by atoms with Gasteiger partial charge in [0.25, 0.3) is 0 Å². The van der Waals surface area contributed by atoms with Crippen LogP contribution in [0.15, 0.2) is 25.2 Å². The van der Waals surface area contributed by atoms with E-state index in [9.17, 15) is 0 Å². The van der Waals surface area contributed by atoms with Crippen LogP contribution in [-0.2, 0) is 0 Å². The van der Waals surface area contributed by atoms with Gasteiger partial charge in [0.1, 0.15) is 0 Å². The molecule has 14 heavy (non-hydrogen) atoms. The zero-order chi connectivity index (χ0) is 9.71. The van der Waals surface area contributed by atoms with Crippen molar-refractivity contribution in [2.45, 2.75) is 6.92 Å². The summed E-state index contributed by atoms with van der Waals surface area (Å²) >= 11 is 0.686. The quantitative estimate of drug-likeness (QED) is 0.607. The van der Waals surface area contributed by atoms with Crippen molar-refractivity contribution in [1.82, 2.24) is 9.23 Å². The van der Waals surface area contributed by atoms with Gasteiger partial charge in [-0.15, -0.1) is 0 Å². The van der Waals surface area contributed by atoms with Gasteiger partial charge in [-0.05, 0) is 0 Å². The molecule has 0 amide bonds. The molecule has 0 bridgehead atoms. The van der Waals surface area contributed by atoms with Gasteiger partial charge in [0.2, 0.25) is 0 Å². The molecule has 7 heteroatoms. The summed E-state index contributed by atoms with van der Waals surface area (Å²) in [5.41, 5.74) is 1.40. The van der Waals surface area contributed by atoms with Gasteiger partial charge in [-0.1, -0.05) is 0 Å². The van der Waals surface area contributed by atoms with E-state index in [2.05, 4.69) is 27.2 Å². The summed E-state index contributed by atoms with van der Waals surface area (Å²) in [5, 5.41) is 0. The molecule has 0 saturated carbocycles. The predicted octanol–water partition coefficient (Wildman–Crippen LogP) is 0.940. The third-order valence-electron chi connectivity index (χ3n) is 2.21. The van der Waals surface area contributed by atoms with Crippen molar-refractivity contribution in [2.24, 2.45) is 4.01 Å². The van der Waals surface area contributed by atoms with Gasteiger partial charge in [-0.25, -0.2) is 0 Å². The topological polar surface area (TPSA) is 29.7 Å². The molecule has 0 aromatic rings. The molecule has 3 nitrogen and oxygen atoms in total. The van der Waals surface area contributed by atoms with E-state index < -0.39 is 0 Å². The minimum absolute atomic E-state index is 0.343. The number of fused-ring (bicyclic) bond motifs is 1. The molecule has 0 atom stereocenters. The van der Waals surface area contributed by atoms with Crippen molar-refractivity contribution in [1.29, 1.82) is 0 Å². The average molecular weight is 354 g/mol. The van der Waals surface area contributed by atoms with Crippen LogP contribution in [0.3, 0.4) is 0 Å². The zero-order valence-electron chi connectivity index (χ0n) is 7.47. The van der Waals surface area contributed by atoms with Crippen molar-refractivity contribution in [3.8, 4) is 0 Å². The number of nitrogens with zero attached hydrogens (tertiary/aromatic N) is 3. The Morgan fingerprint density at radius 2 is 2.00 bits per heavy atom. The molecule has 0 unspecified atom stereocenters. The molecule has 73 valence electrons. The second kappa shape index (κ2) is 3.51. The summed E-state index contributed by atoms with van der Waals surface area (Å²) < 4.78 is 9.13. The maximum absolute atomic E-state index is 4.56. The Morgan fingerprint density at radius 3 is 2.86 bits per heavy atom. The van der Waals surface area contributed by atoms with Gasteiger partial charge in [-0.3, -0.25) is 0 Å². The second-order valence-corrected chi connectivity index (χ2v) is 9.18. The SMILES string of the molecule is CC1=C2S[Se]N=C2N(C)C2=C1S[Se][N]2. The Labute approximate surface area is 102 Å². The Morgan fingerprint density at radius 1 is 1.21 bits per heavy atom. The van der Waals surface area contributed by atoms with Crippen molar-refractivity contribution < 1.29 is 0 Å². The molecule has 0 spiro atoms. The summed E-state index contributed by atoms with van der Waals surface area (Å²) in [6.45, 7) is 2.20. The molecule has 0 aromatic carbocycles. The van der Waals surface area contributed by atoms with Crippen LogP contribution in [0.25, 0.3) is 0 Å². The Bertz CT molecular complexity index is 402. The molecule has 3 heterocycles. The van der Waals surface area contributed by atoms with Gasteiger partial charge < -0.3 is 0 Å². The van der Waals surface area contributed by atoms with E-state index in [1.54, 1.807) is 0 Å². The van der Waals surface area contributed by atoms with E-state index in [1.807, 2.05) is 20.4 Å². The third kappa shape index (κ3) is 1.24. The van der Waals surface area contributed by atoms with Crippen molar-refractivity contribution in [3.05, 3.63) is 21.2 Å². The van der Waals surface area contributed by atoms with E-state index in [4.69, 9.17) is 0 Å². The number of hydrogen-bond donors (Lipinski definition) is 0. The monoisotopic (exact) mass is 356 g/mol. The van der Waals surface area contributed by atoms with Crippen molar-refractivity contribution >= 4 is 54.3 Å². The number of amidine groups is 1. The minimum atomic E-state index is 0.343. The fourth-order valence-corrected chi connectivity index (χ4v) is 8.79. The first-order valence-electron chi connectivity index (χ1n) is 3.95. The van der Waals surface area contributed by atoms with Crippen molar-refractivity contribution in [2.75, 3.05) is 7.05 Å². The van der Waals surface area contributed by atoms with Crippen LogP contribution in [-0.4, -0.2) is 45.9 Å². The zero-order valence-corrected chi connectivity index (χ0v) is 12.5. The molecule has 0 aliphatic carbocycles. The summed E-state index contributed by atoms with van der Waals surface area (Å²) in [4.78, 5) is 4.92. The first kappa shape index (κ1) is 9.70. The van der Waals surface area contributed by atoms with Gasteiger partial charge in [0, 0.05) is 0 Å². The first-order valence-corrected chi connectivity index (χ1v) is 11.2. The van der Waals surface area contributed by atoms with Gasteiger partial charge in [-0.2, -0.15) is 0 Å². The molecule has 3 rings (SSSR count). The Kier molecular flexibility index (Phi) is 2.43. The van der Waals surface area contributed by atoms with Crippen molar-refractivity contribution in [3.63, 3.8) is 0 Å². The van der Waals surface area contributed by atoms with Gasteiger partial charge in [0.15, 0.2) is 0 Å². The van der Waals surface area contributed by atoms with Crippen LogP contribution >= 0.6 is 20.4 Å². The molecule has 0 fully saturated rings. The van der Waals surface area contributed by atoms with Gasteiger partial charge >= 0.3 is 103 Å². The van der Waals surface area contributed by atoms with Crippen LogP contribution in [0, 0.1) is 0 Å². The fourth-order valence-electron chi connectivity index (χ4n) is 1.43. The molecule has 3 aliphatic rings. The summed E-state index contributed by atoms with van der Waals surface area (Å²) in [6, 6.07) is 0. The summed E-state index contributed by atoms with van der Waals surface area (Å²) in [5.74, 6) is 2.29. The van der Waals surface area contributed by atoms with E-state index in [1.165, 1.54) is 15.4 Å². The molecular weight excluding hydrogens is 348 g/mol. The number of allylic oxidation sites excluding steroid dienone is 1. The van der Waals surface area contributed by atoms with Crippen LogP contribution in [0.1, 0.15) is 6.92 Å². The van der Waals surface area contributed by atoms with Crippen LogP contribution in [0.2, 0.25) is 0 Å². The predicted molar refractivity (Wildman–Crippen MR) is 63.7 cm³/mol. The molecule has 0 N–H and O–H groups in total. The Hall–Kier alpha value is 0.489. The van der Waals surface area contributed by atoms with Crippen LogP contribution in [0.5, 0.6) is 0 Å². The van der Waals surface area contributed by atoms with E-state index in [-0.39, 0.29) is 0 Å². The van der Waals surface area contributed by atoms with E-state index in [0.717, 1.165) is 11.7 Å². The molecule has 1 radical (unpaired) electrons. The molecule has 0 aromatic heterocycles. The first-order chi connectivity index (χ1) is 6.79. The molecule has 3 aliphatic heterocycles. The molecular formula is C7H6N3S2Se2. The number of likely N-dealkylation sites (N-methyl/N-ethyl adjacent to an activating group) is 1. The maximum atomic E-state index is 4.56. The third-order valence-corrected chi connectivity index (χ3v) is 8.52. The van der Waals surface area contributed by atoms with E-state index in [0.29, 0.717) is 28.1 Å². The van der Waals surface area contributed by atoms with E-state index >= 15 is 0 Å².